The molecule has 0 radical (unpaired) electrons. The van der Waals surface area contributed by atoms with Crippen molar-refractivity contribution in [2.45, 2.75) is 65.2 Å². The number of carbonyl (C=O) groups excluding carboxylic acids is 4. The predicted octanol–water partition coefficient (Wildman–Crippen LogP) is 5.96. The first kappa shape index (κ1) is 36.6. The Morgan fingerprint density at radius 1 is 1.00 bits per heavy atom. The van der Waals surface area contributed by atoms with E-state index in [9.17, 15) is 19.2 Å². The Bertz CT molecular complexity index is 1400. The van der Waals surface area contributed by atoms with Crippen LogP contribution in [0, 0.1) is 17.8 Å². The van der Waals surface area contributed by atoms with E-state index in [1.807, 2.05) is 63.3 Å². The first-order chi connectivity index (χ1) is 21.9. The Hall–Kier alpha value is -3.82. The van der Waals surface area contributed by atoms with E-state index in [1.165, 1.54) is 13.2 Å². The number of ether oxygens (including phenoxy) is 3. The first-order valence-corrected chi connectivity index (χ1v) is 16.0. The molecule has 5 unspecified atom stereocenters. The number of benzene rings is 2. The molecule has 1 heterocycles. The van der Waals surface area contributed by atoms with E-state index in [0.717, 1.165) is 5.56 Å². The van der Waals surface area contributed by atoms with Crippen molar-refractivity contribution >= 4 is 53.0 Å². The molecule has 2 aromatic carbocycles. The summed E-state index contributed by atoms with van der Waals surface area (Å²) in [5, 5.41) is 5.95. The molecule has 2 N–H and O–H groups in total. The monoisotopic (exact) mass is 672 g/mol. The van der Waals surface area contributed by atoms with Gasteiger partial charge in [0.05, 0.1) is 23.1 Å². The van der Waals surface area contributed by atoms with E-state index in [4.69, 9.17) is 37.4 Å². The highest BCUT2D eigenvalue weighted by Crippen LogP contribution is 2.34. The van der Waals surface area contributed by atoms with E-state index in [0.29, 0.717) is 11.3 Å². The molecule has 3 rings (SSSR count). The zero-order chi connectivity index (χ0) is 33.8. The molecule has 0 aromatic heterocycles. The van der Waals surface area contributed by atoms with E-state index in [1.54, 1.807) is 25.1 Å². The van der Waals surface area contributed by atoms with Crippen LogP contribution in [0.3, 0.4) is 0 Å². The van der Waals surface area contributed by atoms with Crippen molar-refractivity contribution in [1.82, 2.24) is 10.6 Å². The summed E-state index contributed by atoms with van der Waals surface area (Å²) in [6.45, 7) is 7.23. The summed E-state index contributed by atoms with van der Waals surface area (Å²) in [6, 6.07) is 11.9. The lowest BCUT2D eigenvalue weighted by Crippen LogP contribution is -2.49. The van der Waals surface area contributed by atoms with Crippen LogP contribution in [0.4, 0.5) is 0 Å². The van der Waals surface area contributed by atoms with Crippen LogP contribution in [0.15, 0.2) is 60.7 Å². The highest BCUT2D eigenvalue weighted by molar-refractivity contribution is 6.37. The van der Waals surface area contributed by atoms with Crippen LogP contribution in [0.1, 0.15) is 51.7 Å². The predicted molar refractivity (Wildman–Crippen MR) is 178 cm³/mol. The SMILES string of the molecule is COc1c(Cl)cc(CC2NC(=O)C=CCC(C(C)C=Cc3ccccc3)OC(=O)C(CC(C)C)OC(=O)C(C)CNC2=O)cc1Cl. The molecule has 11 heteroatoms. The molecular formula is C35H42Cl2N2O7. The van der Waals surface area contributed by atoms with Gasteiger partial charge in [-0.1, -0.05) is 99.5 Å². The summed E-state index contributed by atoms with van der Waals surface area (Å²) in [5.74, 6) is -3.08. The third-order valence-corrected chi connectivity index (χ3v) is 7.97. The van der Waals surface area contributed by atoms with Gasteiger partial charge in [-0.2, -0.15) is 0 Å². The molecule has 1 aliphatic rings. The summed E-state index contributed by atoms with van der Waals surface area (Å²) in [4.78, 5) is 52.8. The number of cyclic esters (lactones) is 2. The van der Waals surface area contributed by atoms with Crippen molar-refractivity contribution in [2.24, 2.45) is 17.8 Å². The minimum atomic E-state index is -1.13. The quantitative estimate of drug-likeness (QED) is 0.332. The largest absolute Gasteiger partial charge is 0.494 e. The fourth-order valence-electron chi connectivity index (χ4n) is 4.78. The first-order valence-electron chi connectivity index (χ1n) is 15.3. The second-order valence-electron chi connectivity index (χ2n) is 11.8. The maximum atomic E-state index is 13.4. The molecule has 9 nitrogen and oxygen atoms in total. The van der Waals surface area contributed by atoms with Crippen molar-refractivity contribution < 1.29 is 33.4 Å². The topological polar surface area (TPSA) is 120 Å². The number of rotatable bonds is 8. The molecule has 5 atom stereocenters. The van der Waals surface area contributed by atoms with Crippen LogP contribution in [0.2, 0.25) is 10.0 Å². The molecule has 0 saturated carbocycles. The van der Waals surface area contributed by atoms with Gasteiger partial charge < -0.3 is 24.8 Å². The van der Waals surface area contributed by atoms with Crippen molar-refractivity contribution in [3.8, 4) is 5.75 Å². The second-order valence-corrected chi connectivity index (χ2v) is 12.6. The molecule has 0 fully saturated rings. The van der Waals surface area contributed by atoms with Crippen LogP contribution in [-0.2, 0) is 35.1 Å². The Morgan fingerprint density at radius 2 is 1.67 bits per heavy atom. The fraction of sp³-hybridized carbons (Fsp3) is 0.429. The Morgan fingerprint density at radius 3 is 2.30 bits per heavy atom. The van der Waals surface area contributed by atoms with Crippen LogP contribution < -0.4 is 15.4 Å². The molecule has 248 valence electrons. The molecule has 46 heavy (non-hydrogen) atoms. The lowest BCUT2D eigenvalue weighted by atomic mass is 9.99. The number of halogens is 2. The van der Waals surface area contributed by atoms with Gasteiger partial charge in [-0.25, -0.2) is 4.79 Å². The van der Waals surface area contributed by atoms with Gasteiger partial charge in [0, 0.05) is 25.3 Å². The highest BCUT2D eigenvalue weighted by Gasteiger charge is 2.32. The van der Waals surface area contributed by atoms with Crippen molar-refractivity contribution in [1.29, 1.82) is 0 Å². The number of nitrogens with one attached hydrogen (secondary N) is 2. The van der Waals surface area contributed by atoms with Gasteiger partial charge in [-0.3, -0.25) is 14.4 Å². The lowest BCUT2D eigenvalue weighted by Gasteiger charge is -2.26. The van der Waals surface area contributed by atoms with E-state index in [-0.39, 0.29) is 47.7 Å². The molecule has 0 aliphatic carbocycles. The minimum absolute atomic E-state index is 0.0316. The fourth-order valence-corrected chi connectivity index (χ4v) is 5.47. The molecule has 2 amide bonds. The molecule has 2 aromatic rings. The summed E-state index contributed by atoms with van der Waals surface area (Å²) in [7, 11) is 1.44. The number of carbonyl (C=O) groups is 4. The zero-order valence-corrected chi connectivity index (χ0v) is 28.3. The van der Waals surface area contributed by atoms with Crippen molar-refractivity contribution in [3.63, 3.8) is 0 Å². The average molecular weight is 674 g/mol. The number of esters is 2. The van der Waals surface area contributed by atoms with Crippen LogP contribution in [0.5, 0.6) is 5.75 Å². The summed E-state index contributed by atoms with van der Waals surface area (Å²) >= 11 is 12.6. The van der Waals surface area contributed by atoms with Gasteiger partial charge in [0.1, 0.15) is 12.1 Å². The Kier molecular flexibility index (Phi) is 14.2. The average Bonchev–Trinajstić information content (AvgIpc) is 3.00. The standard InChI is InChI=1S/C35H42Cl2N2O7/c1-21(2)16-30-35(43)45-29(22(3)14-15-24-10-7-6-8-11-24)12-9-13-31(40)39-28(33(41)38-20-23(4)34(42)46-30)19-25-17-26(36)32(44-5)27(37)18-25/h6-11,13-15,17-18,21-23,28-30H,12,16,19-20H2,1-5H3,(H,38,41)(H,39,40). The third kappa shape index (κ3) is 11.2. The van der Waals surface area contributed by atoms with E-state index < -0.39 is 47.9 Å². The normalized spacial score (nSPS) is 22.6. The van der Waals surface area contributed by atoms with E-state index in [2.05, 4.69) is 10.6 Å². The van der Waals surface area contributed by atoms with E-state index >= 15 is 0 Å². The van der Waals surface area contributed by atoms with Gasteiger partial charge in [0.2, 0.25) is 11.8 Å². The van der Waals surface area contributed by atoms with Crippen molar-refractivity contribution in [3.05, 3.63) is 81.9 Å². The van der Waals surface area contributed by atoms with Gasteiger partial charge >= 0.3 is 11.9 Å². The highest BCUT2D eigenvalue weighted by atomic mass is 35.5. The van der Waals surface area contributed by atoms with Crippen molar-refractivity contribution in [2.75, 3.05) is 13.7 Å². The number of hydrogen-bond donors (Lipinski definition) is 2. The second kappa shape index (κ2) is 17.8. The Balaban J connectivity index is 1.91. The van der Waals surface area contributed by atoms with Gasteiger partial charge in [0.15, 0.2) is 11.9 Å². The maximum absolute atomic E-state index is 13.4. The summed E-state index contributed by atoms with van der Waals surface area (Å²) in [6.07, 6.45) is 5.48. The molecule has 1 aliphatic heterocycles. The molecular weight excluding hydrogens is 631 g/mol. The smallest absolute Gasteiger partial charge is 0.347 e. The molecule has 0 saturated heterocycles. The third-order valence-electron chi connectivity index (χ3n) is 7.41. The number of methoxy groups -OCH3 is 1. The van der Waals surface area contributed by atoms with Crippen LogP contribution in [-0.4, -0.2) is 55.7 Å². The van der Waals surface area contributed by atoms with Gasteiger partial charge in [-0.15, -0.1) is 0 Å². The maximum Gasteiger partial charge on any atom is 0.347 e. The molecule has 0 bridgehead atoms. The summed E-state index contributed by atoms with van der Waals surface area (Å²) in [5.41, 5.74) is 1.57. The van der Waals surface area contributed by atoms with Crippen LogP contribution >= 0.6 is 23.2 Å². The Labute approximate surface area is 280 Å². The summed E-state index contributed by atoms with van der Waals surface area (Å²) < 4.78 is 16.8. The lowest BCUT2D eigenvalue weighted by molar-refractivity contribution is -0.175. The van der Waals surface area contributed by atoms with Gasteiger partial charge in [-0.05, 0) is 41.7 Å². The number of hydrogen-bond acceptors (Lipinski definition) is 7. The van der Waals surface area contributed by atoms with Gasteiger partial charge in [0.25, 0.3) is 0 Å². The van der Waals surface area contributed by atoms with Crippen LogP contribution in [0.25, 0.3) is 6.08 Å². The zero-order valence-electron chi connectivity index (χ0n) is 26.8. The number of amides is 2. The minimum Gasteiger partial charge on any atom is -0.494 e. The molecule has 0 spiro atoms.